The molecule has 1 aromatic carbocycles. The van der Waals surface area contributed by atoms with Crippen molar-refractivity contribution in [1.82, 2.24) is 4.72 Å². The first kappa shape index (κ1) is 17.2. The van der Waals surface area contributed by atoms with Crippen LogP contribution in [0.5, 0.6) is 0 Å². The number of rotatable bonds is 5. The highest BCUT2D eigenvalue weighted by Crippen LogP contribution is 2.17. The van der Waals surface area contributed by atoms with Crippen molar-refractivity contribution in [2.24, 2.45) is 11.5 Å². The Labute approximate surface area is 125 Å². The lowest BCUT2D eigenvalue weighted by Crippen LogP contribution is -2.36. The summed E-state index contributed by atoms with van der Waals surface area (Å²) >= 11 is 0. The van der Waals surface area contributed by atoms with Crippen molar-refractivity contribution in [1.29, 1.82) is 0 Å². The Morgan fingerprint density at radius 2 is 2.10 bits per heavy atom. The SMILES string of the molecule is Cc1ccc(C#CCN)cc1S(=O)(=O)NC(C)CC(N)=O. The van der Waals surface area contributed by atoms with Gasteiger partial charge in [-0.15, -0.1) is 0 Å². The summed E-state index contributed by atoms with van der Waals surface area (Å²) in [6, 6.07) is 4.31. The van der Waals surface area contributed by atoms with Crippen molar-refractivity contribution in [3.8, 4) is 11.8 Å². The first-order chi connectivity index (χ1) is 9.76. The number of primary amides is 1. The topological polar surface area (TPSA) is 115 Å². The summed E-state index contributed by atoms with van der Waals surface area (Å²) in [5.41, 5.74) is 11.5. The van der Waals surface area contributed by atoms with Crippen LogP contribution in [0.15, 0.2) is 23.1 Å². The van der Waals surface area contributed by atoms with Crippen LogP contribution in [0.4, 0.5) is 0 Å². The average Bonchev–Trinajstić information content (AvgIpc) is 2.35. The molecule has 0 radical (unpaired) electrons. The molecule has 0 spiro atoms. The number of aryl methyl sites for hydroxylation is 1. The fourth-order valence-electron chi connectivity index (χ4n) is 1.79. The lowest BCUT2D eigenvalue weighted by atomic mass is 10.1. The number of nitrogens with two attached hydrogens (primary N) is 2. The van der Waals surface area contributed by atoms with Crippen LogP contribution < -0.4 is 16.2 Å². The van der Waals surface area contributed by atoms with E-state index in [1.54, 1.807) is 26.0 Å². The van der Waals surface area contributed by atoms with Gasteiger partial charge >= 0.3 is 0 Å². The molecule has 0 heterocycles. The van der Waals surface area contributed by atoms with Crippen LogP contribution in [0.2, 0.25) is 0 Å². The Morgan fingerprint density at radius 3 is 2.67 bits per heavy atom. The van der Waals surface area contributed by atoms with Crippen LogP contribution in [-0.4, -0.2) is 26.9 Å². The molecule has 1 unspecified atom stereocenters. The van der Waals surface area contributed by atoms with Gasteiger partial charge in [0.2, 0.25) is 15.9 Å². The predicted octanol–water partition coefficient (Wildman–Crippen LogP) is -0.153. The number of carbonyl (C=O) groups excluding carboxylic acids is 1. The molecule has 0 aliphatic rings. The molecular formula is C14H19N3O3S. The van der Waals surface area contributed by atoms with Crippen LogP contribution in [0.25, 0.3) is 0 Å². The van der Waals surface area contributed by atoms with E-state index in [9.17, 15) is 13.2 Å². The number of amides is 1. The van der Waals surface area contributed by atoms with Gasteiger partial charge in [0.1, 0.15) is 0 Å². The van der Waals surface area contributed by atoms with Crippen molar-refractivity contribution in [3.63, 3.8) is 0 Å². The minimum absolute atomic E-state index is 0.0645. The Bertz CT molecular complexity index is 687. The molecule has 1 aromatic rings. The van der Waals surface area contributed by atoms with Crippen LogP contribution in [0.3, 0.4) is 0 Å². The molecule has 0 aliphatic carbocycles. The van der Waals surface area contributed by atoms with E-state index >= 15 is 0 Å². The number of benzene rings is 1. The predicted molar refractivity (Wildman–Crippen MR) is 80.7 cm³/mol. The molecule has 21 heavy (non-hydrogen) atoms. The van der Waals surface area contributed by atoms with E-state index < -0.39 is 22.0 Å². The molecule has 0 bridgehead atoms. The first-order valence-electron chi connectivity index (χ1n) is 6.36. The molecule has 5 N–H and O–H groups in total. The third kappa shape index (κ3) is 5.19. The highest BCUT2D eigenvalue weighted by Gasteiger charge is 2.20. The van der Waals surface area contributed by atoms with Crippen LogP contribution in [0, 0.1) is 18.8 Å². The van der Waals surface area contributed by atoms with Gasteiger partial charge in [-0.3, -0.25) is 4.79 Å². The minimum atomic E-state index is -3.74. The molecular weight excluding hydrogens is 290 g/mol. The summed E-state index contributed by atoms with van der Waals surface area (Å²) in [5, 5.41) is 0. The quantitative estimate of drug-likeness (QED) is 0.656. The van der Waals surface area contributed by atoms with Gasteiger partial charge in [-0.1, -0.05) is 17.9 Å². The Morgan fingerprint density at radius 1 is 1.43 bits per heavy atom. The maximum Gasteiger partial charge on any atom is 0.241 e. The second-order valence-electron chi connectivity index (χ2n) is 4.68. The van der Waals surface area contributed by atoms with Crippen LogP contribution >= 0.6 is 0 Å². The fourth-order valence-corrected chi connectivity index (χ4v) is 3.31. The molecule has 6 nitrogen and oxygen atoms in total. The van der Waals surface area contributed by atoms with E-state index in [4.69, 9.17) is 11.5 Å². The van der Waals surface area contributed by atoms with Crippen molar-refractivity contribution in [2.75, 3.05) is 6.54 Å². The fraction of sp³-hybridized carbons (Fsp3) is 0.357. The minimum Gasteiger partial charge on any atom is -0.370 e. The summed E-state index contributed by atoms with van der Waals surface area (Å²) in [6.45, 7) is 3.47. The van der Waals surface area contributed by atoms with Gasteiger partial charge in [0.25, 0.3) is 0 Å². The number of hydrogen-bond donors (Lipinski definition) is 3. The van der Waals surface area contributed by atoms with Gasteiger partial charge in [-0.2, -0.15) is 0 Å². The van der Waals surface area contributed by atoms with Crippen molar-refractivity contribution in [2.45, 2.75) is 31.2 Å². The molecule has 114 valence electrons. The molecule has 0 aliphatic heterocycles. The van der Waals surface area contributed by atoms with E-state index in [0.29, 0.717) is 11.1 Å². The monoisotopic (exact) mass is 309 g/mol. The molecule has 1 atom stereocenters. The first-order valence-corrected chi connectivity index (χ1v) is 7.85. The van der Waals surface area contributed by atoms with E-state index in [1.807, 2.05) is 0 Å². The lowest BCUT2D eigenvalue weighted by molar-refractivity contribution is -0.118. The maximum atomic E-state index is 12.3. The molecule has 7 heteroatoms. The summed E-state index contributed by atoms with van der Waals surface area (Å²) in [5.74, 6) is 4.89. The standard InChI is InChI=1S/C14H19N3O3S/c1-10-5-6-12(4-3-7-15)9-13(10)21(19,20)17-11(2)8-14(16)18/h5-6,9,11,17H,7-8,15H2,1-2H3,(H2,16,18). The van der Waals surface area contributed by atoms with Crippen LogP contribution in [0.1, 0.15) is 24.5 Å². The number of sulfonamides is 1. The van der Waals surface area contributed by atoms with Gasteiger partial charge in [0.05, 0.1) is 11.4 Å². The third-order valence-corrected chi connectivity index (χ3v) is 4.41. The second kappa shape index (κ2) is 7.22. The van der Waals surface area contributed by atoms with Crippen molar-refractivity contribution >= 4 is 15.9 Å². The van der Waals surface area contributed by atoms with Crippen molar-refractivity contribution in [3.05, 3.63) is 29.3 Å². The molecule has 0 saturated heterocycles. The summed E-state index contributed by atoms with van der Waals surface area (Å²) in [7, 11) is -3.74. The number of hydrogen-bond acceptors (Lipinski definition) is 4. The average molecular weight is 309 g/mol. The Balaban J connectivity index is 3.09. The maximum absolute atomic E-state index is 12.3. The molecule has 1 rings (SSSR count). The Kier molecular flexibility index (Phi) is 5.90. The normalized spacial score (nSPS) is 12.3. The second-order valence-corrected chi connectivity index (χ2v) is 6.36. The lowest BCUT2D eigenvalue weighted by Gasteiger charge is -2.14. The number of nitrogens with one attached hydrogen (secondary N) is 1. The Hall–Kier alpha value is -1.88. The summed E-state index contributed by atoms with van der Waals surface area (Å²) in [6.07, 6.45) is -0.0645. The van der Waals surface area contributed by atoms with Crippen LogP contribution in [-0.2, 0) is 14.8 Å². The van der Waals surface area contributed by atoms with E-state index in [1.165, 1.54) is 6.07 Å². The molecule has 0 aromatic heterocycles. The molecule has 1 amide bonds. The largest absolute Gasteiger partial charge is 0.370 e. The molecule has 0 fully saturated rings. The van der Waals surface area contributed by atoms with E-state index in [2.05, 4.69) is 16.6 Å². The van der Waals surface area contributed by atoms with Gasteiger partial charge in [-0.25, -0.2) is 13.1 Å². The summed E-state index contributed by atoms with van der Waals surface area (Å²) < 4.78 is 27.1. The zero-order valence-corrected chi connectivity index (χ0v) is 12.8. The van der Waals surface area contributed by atoms with Gasteiger partial charge < -0.3 is 11.5 Å². The summed E-state index contributed by atoms with van der Waals surface area (Å²) in [4.78, 5) is 11.0. The zero-order valence-electron chi connectivity index (χ0n) is 12.0. The van der Waals surface area contributed by atoms with Gasteiger partial charge in [-0.05, 0) is 31.5 Å². The van der Waals surface area contributed by atoms with Gasteiger partial charge in [0, 0.05) is 18.0 Å². The number of carbonyl (C=O) groups is 1. The van der Waals surface area contributed by atoms with E-state index in [-0.39, 0.29) is 17.9 Å². The third-order valence-electron chi connectivity index (χ3n) is 2.68. The zero-order chi connectivity index (χ0) is 16.0. The van der Waals surface area contributed by atoms with Crippen molar-refractivity contribution < 1.29 is 13.2 Å². The molecule has 0 saturated carbocycles. The smallest absolute Gasteiger partial charge is 0.241 e. The highest BCUT2D eigenvalue weighted by atomic mass is 32.2. The highest BCUT2D eigenvalue weighted by molar-refractivity contribution is 7.89. The van der Waals surface area contributed by atoms with E-state index in [0.717, 1.165) is 0 Å². The van der Waals surface area contributed by atoms with Gasteiger partial charge in [0.15, 0.2) is 0 Å².